The number of rotatable bonds is 7. The van der Waals surface area contributed by atoms with Crippen molar-refractivity contribution in [1.82, 2.24) is 15.5 Å². The van der Waals surface area contributed by atoms with E-state index in [4.69, 9.17) is 4.42 Å². The Labute approximate surface area is 156 Å². The number of hydrogen-bond acceptors (Lipinski definition) is 7. The summed E-state index contributed by atoms with van der Waals surface area (Å²) >= 11 is 2.92. The first-order valence-electron chi connectivity index (χ1n) is 8.77. The molecule has 25 heavy (non-hydrogen) atoms. The average molecular weight is 381 g/mol. The summed E-state index contributed by atoms with van der Waals surface area (Å²) in [6.45, 7) is 2.50. The molecule has 0 unspecified atom stereocenters. The molecule has 136 valence electrons. The molecule has 2 aromatic rings. The molecule has 3 rings (SSSR count). The van der Waals surface area contributed by atoms with Crippen LogP contribution in [0.15, 0.2) is 27.2 Å². The lowest BCUT2D eigenvalue weighted by Gasteiger charge is -2.18. The molecular weight excluding hydrogens is 356 g/mol. The van der Waals surface area contributed by atoms with Crippen LogP contribution in [0.1, 0.15) is 51.2 Å². The number of carbonyl (C=O) groups is 1. The Morgan fingerprint density at radius 1 is 1.36 bits per heavy atom. The summed E-state index contributed by atoms with van der Waals surface area (Å²) in [7, 11) is 0. The molecule has 0 spiro atoms. The van der Waals surface area contributed by atoms with Crippen molar-refractivity contribution in [3.8, 4) is 0 Å². The maximum atomic E-state index is 12.4. The number of aromatic nitrogens is 2. The van der Waals surface area contributed by atoms with Crippen LogP contribution in [0.25, 0.3) is 0 Å². The van der Waals surface area contributed by atoms with Crippen LogP contribution < -0.4 is 10.6 Å². The number of carbonyl (C=O) groups excluding carboxylic acids is 1. The standard InChI is InChI=1S/C17H24N4O2S2/c1-12(15(22)19-13-7-4-2-3-5-8-13)24-17-21-20-16(25-17)18-11-14-9-6-10-23-14/h6,9-10,12-13H,2-5,7-8,11H2,1H3,(H,18,20)(H,19,22)/t12-/m0/s1. The van der Waals surface area contributed by atoms with Gasteiger partial charge in [-0.15, -0.1) is 10.2 Å². The van der Waals surface area contributed by atoms with Crippen molar-refractivity contribution in [3.63, 3.8) is 0 Å². The van der Waals surface area contributed by atoms with Gasteiger partial charge in [-0.1, -0.05) is 48.8 Å². The number of amides is 1. The quantitative estimate of drug-likeness (QED) is 0.557. The SMILES string of the molecule is C[C@H](Sc1nnc(NCc2ccco2)s1)C(=O)NC1CCCCCC1. The van der Waals surface area contributed by atoms with Gasteiger partial charge in [-0.3, -0.25) is 4.79 Å². The summed E-state index contributed by atoms with van der Waals surface area (Å²) in [5.41, 5.74) is 0. The van der Waals surface area contributed by atoms with Crippen LogP contribution in [0, 0.1) is 0 Å². The van der Waals surface area contributed by atoms with E-state index in [1.165, 1.54) is 48.8 Å². The third-order valence-corrected chi connectivity index (χ3v) is 6.31. The fourth-order valence-corrected chi connectivity index (χ4v) is 4.75. The van der Waals surface area contributed by atoms with Gasteiger partial charge in [0.25, 0.3) is 0 Å². The first kappa shape index (κ1) is 18.3. The smallest absolute Gasteiger partial charge is 0.233 e. The largest absolute Gasteiger partial charge is 0.467 e. The van der Waals surface area contributed by atoms with Gasteiger partial charge in [0.05, 0.1) is 18.1 Å². The molecule has 1 fully saturated rings. The Balaban J connectivity index is 1.45. The third-order valence-electron chi connectivity index (χ3n) is 4.25. The minimum Gasteiger partial charge on any atom is -0.467 e. The molecule has 1 amide bonds. The van der Waals surface area contributed by atoms with Crippen molar-refractivity contribution in [3.05, 3.63) is 24.2 Å². The van der Waals surface area contributed by atoms with Crippen LogP contribution in [0.5, 0.6) is 0 Å². The first-order valence-corrected chi connectivity index (χ1v) is 10.5. The summed E-state index contributed by atoms with van der Waals surface area (Å²) in [5, 5.41) is 15.2. The lowest BCUT2D eigenvalue weighted by Crippen LogP contribution is -2.39. The molecule has 2 aromatic heterocycles. The van der Waals surface area contributed by atoms with Crippen LogP contribution >= 0.6 is 23.1 Å². The summed E-state index contributed by atoms with van der Waals surface area (Å²) in [6, 6.07) is 4.09. The number of nitrogens with zero attached hydrogens (tertiary/aromatic N) is 2. The van der Waals surface area contributed by atoms with E-state index >= 15 is 0 Å². The van der Waals surface area contributed by atoms with Crippen molar-refractivity contribution in [2.75, 3.05) is 5.32 Å². The fraction of sp³-hybridized carbons (Fsp3) is 0.588. The second-order valence-corrected chi connectivity index (χ2v) is 8.83. The van der Waals surface area contributed by atoms with Gasteiger partial charge < -0.3 is 15.1 Å². The van der Waals surface area contributed by atoms with E-state index in [0.29, 0.717) is 12.6 Å². The minimum atomic E-state index is -0.172. The van der Waals surface area contributed by atoms with E-state index in [1.807, 2.05) is 19.1 Å². The van der Waals surface area contributed by atoms with Gasteiger partial charge in [-0.05, 0) is 31.9 Å². The van der Waals surface area contributed by atoms with Crippen LogP contribution in [0.3, 0.4) is 0 Å². The second-order valence-electron chi connectivity index (χ2n) is 6.26. The Hall–Kier alpha value is -1.54. The molecule has 0 aromatic carbocycles. The predicted molar refractivity (Wildman–Crippen MR) is 101 cm³/mol. The molecule has 8 heteroatoms. The van der Waals surface area contributed by atoms with Crippen molar-refractivity contribution in [2.45, 2.75) is 67.6 Å². The lowest BCUT2D eigenvalue weighted by molar-refractivity contribution is -0.121. The van der Waals surface area contributed by atoms with E-state index in [1.54, 1.807) is 6.26 Å². The maximum Gasteiger partial charge on any atom is 0.233 e. The zero-order valence-electron chi connectivity index (χ0n) is 14.4. The van der Waals surface area contributed by atoms with Crippen molar-refractivity contribution >= 4 is 34.1 Å². The first-order chi connectivity index (χ1) is 12.2. The molecule has 1 saturated carbocycles. The maximum absolute atomic E-state index is 12.4. The number of thioether (sulfide) groups is 1. The van der Waals surface area contributed by atoms with Gasteiger partial charge in [-0.25, -0.2) is 0 Å². The van der Waals surface area contributed by atoms with Gasteiger partial charge in [0.15, 0.2) is 4.34 Å². The average Bonchev–Trinajstić information content (AvgIpc) is 3.21. The Morgan fingerprint density at radius 2 is 2.16 bits per heavy atom. The molecular formula is C17H24N4O2S2. The molecule has 2 heterocycles. The van der Waals surface area contributed by atoms with Crippen molar-refractivity contribution in [1.29, 1.82) is 0 Å². The highest BCUT2D eigenvalue weighted by Gasteiger charge is 2.21. The molecule has 0 aliphatic heterocycles. The summed E-state index contributed by atoms with van der Waals surface area (Å²) in [5.74, 6) is 0.942. The topological polar surface area (TPSA) is 80.1 Å². The molecule has 0 saturated heterocycles. The molecule has 6 nitrogen and oxygen atoms in total. The van der Waals surface area contributed by atoms with Crippen LogP contribution in [-0.4, -0.2) is 27.4 Å². The molecule has 1 aliphatic carbocycles. The highest BCUT2D eigenvalue weighted by atomic mass is 32.2. The van der Waals surface area contributed by atoms with Gasteiger partial charge >= 0.3 is 0 Å². The zero-order chi connectivity index (χ0) is 17.5. The minimum absolute atomic E-state index is 0.0946. The number of anilines is 1. The Morgan fingerprint density at radius 3 is 2.88 bits per heavy atom. The Kier molecular flexibility index (Phi) is 6.75. The van der Waals surface area contributed by atoms with Crippen LogP contribution in [0.4, 0.5) is 5.13 Å². The highest BCUT2D eigenvalue weighted by molar-refractivity contribution is 8.02. The van der Waals surface area contributed by atoms with Crippen molar-refractivity contribution in [2.24, 2.45) is 0 Å². The zero-order valence-corrected chi connectivity index (χ0v) is 16.0. The predicted octanol–water partition coefficient (Wildman–Crippen LogP) is 4.06. The van der Waals surface area contributed by atoms with Crippen LogP contribution in [0.2, 0.25) is 0 Å². The summed E-state index contributed by atoms with van der Waals surface area (Å²) in [4.78, 5) is 12.4. The van der Waals surface area contributed by atoms with E-state index in [0.717, 1.165) is 28.1 Å². The summed E-state index contributed by atoms with van der Waals surface area (Å²) in [6.07, 6.45) is 8.85. The van der Waals surface area contributed by atoms with E-state index < -0.39 is 0 Å². The Bertz CT molecular complexity index is 651. The molecule has 1 atom stereocenters. The van der Waals surface area contributed by atoms with Crippen LogP contribution in [-0.2, 0) is 11.3 Å². The number of nitrogens with one attached hydrogen (secondary N) is 2. The second kappa shape index (κ2) is 9.24. The molecule has 2 N–H and O–H groups in total. The van der Waals surface area contributed by atoms with Gasteiger partial charge in [-0.2, -0.15) is 0 Å². The van der Waals surface area contributed by atoms with Gasteiger partial charge in [0.1, 0.15) is 5.76 Å². The lowest BCUT2D eigenvalue weighted by atomic mass is 10.1. The monoisotopic (exact) mass is 380 g/mol. The molecule has 0 bridgehead atoms. The van der Waals surface area contributed by atoms with E-state index in [-0.39, 0.29) is 11.2 Å². The van der Waals surface area contributed by atoms with Crippen molar-refractivity contribution < 1.29 is 9.21 Å². The van der Waals surface area contributed by atoms with Gasteiger partial charge in [0.2, 0.25) is 11.0 Å². The van der Waals surface area contributed by atoms with E-state index in [2.05, 4.69) is 20.8 Å². The molecule has 1 aliphatic rings. The molecule has 0 radical (unpaired) electrons. The van der Waals surface area contributed by atoms with Gasteiger partial charge in [0, 0.05) is 6.04 Å². The summed E-state index contributed by atoms with van der Waals surface area (Å²) < 4.78 is 6.07. The normalized spacial score (nSPS) is 17.0. The van der Waals surface area contributed by atoms with E-state index in [9.17, 15) is 4.79 Å². The fourth-order valence-electron chi connectivity index (χ4n) is 2.85. The number of hydrogen-bond donors (Lipinski definition) is 2. The highest BCUT2D eigenvalue weighted by Crippen LogP contribution is 2.29. The third kappa shape index (κ3) is 5.74. The number of furan rings is 1.